The second-order valence-corrected chi connectivity index (χ2v) is 5.40. The maximum absolute atomic E-state index is 6.01. The fraction of sp³-hybridized carbons (Fsp3) is 0.467. The number of hydrogen-bond donors (Lipinski definition) is 2. The van der Waals surface area contributed by atoms with Gasteiger partial charge in [-0.1, -0.05) is 30.3 Å². The van der Waals surface area contributed by atoms with Crippen LogP contribution in [0.2, 0.25) is 0 Å². The number of nitrogens with zero attached hydrogens (tertiary/aromatic N) is 3. The Morgan fingerprint density at radius 1 is 1.38 bits per heavy atom. The average Bonchev–Trinajstić information content (AvgIpc) is 2.99. The van der Waals surface area contributed by atoms with Crippen LogP contribution in [0.25, 0.3) is 0 Å². The molecule has 0 bridgehead atoms. The highest BCUT2D eigenvalue weighted by Gasteiger charge is 2.23. The standard InChI is InChI=1S/C15H21N5O/c1-21-13(11-6-3-2-4-7-11)14-17-15(19-18-14)20-9-5-8-12(16)10-20/h2-4,6-7,12-13H,5,8-10,16H2,1H3,(H,17,18,19). The molecule has 0 amide bonds. The van der Waals surface area contributed by atoms with Crippen LogP contribution in [0.4, 0.5) is 5.95 Å². The average molecular weight is 287 g/mol. The molecule has 1 aliphatic rings. The van der Waals surface area contributed by atoms with E-state index < -0.39 is 0 Å². The molecule has 112 valence electrons. The zero-order valence-corrected chi connectivity index (χ0v) is 12.2. The van der Waals surface area contributed by atoms with E-state index in [4.69, 9.17) is 10.5 Å². The van der Waals surface area contributed by atoms with E-state index in [1.807, 2.05) is 30.3 Å². The Balaban J connectivity index is 1.80. The molecule has 1 fully saturated rings. The van der Waals surface area contributed by atoms with E-state index in [-0.39, 0.29) is 12.1 Å². The van der Waals surface area contributed by atoms with Crippen molar-refractivity contribution in [1.29, 1.82) is 0 Å². The molecule has 2 unspecified atom stereocenters. The third-order valence-electron chi connectivity index (χ3n) is 3.82. The van der Waals surface area contributed by atoms with Crippen LogP contribution in [0.1, 0.15) is 30.3 Å². The quantitative estimate of drug-likeness (QED) is 0.890. The number of nitrogens with one attached hydrogen (secondary N) is 1. The summed E-state index contributed by atoms with van der Waals surface area (Å²) in [4.78, 5) is 6.73. The zero-order valence-electron chi connectivity index (χ0n) is 12.2. The van der Waals surface area contributed by atoms with Gasteiger partial charge in [0.15, 0.2) is 5.82 Å². The first-order valence-electron chi connectivity index (χ1n) is 7.28. The van der Waals surface area contributed by atoms with Gasteiger partial charge in [0.1, 0.15) is 6.10 Å². The lowest BCUT2D eigenvalue weighted by atomic mass is 10.1. The first kappa shape index (κ1) is 14.0. The molecule has 0 saturated carbocycles. The van der Waals surface area contributed by atoms with Crippen LogP contribution in [0.15, 0.2) is 30.3 Å². The summed E-state index contributed by atoms with van der Waals surface area (Å²) >= 11 is 0. The van der Waals surface area contributed by atoms with Gasteiger partial charge < -0.3 is 15.4 Å². The molecular weight excluding hydrogens is 266 g/mol. The minimum atomic E-state index is -0.231. The molecule has 3 rings (SSSR count). The number of piperidine rings is 1. The lowest BCUT2D eigenvalue weighted by Crippen LogP contribution is -2.43. The van der Waals surface area contributed by atoms with Crippen molar-refractivity contribution in [3.63, 3.8) is 0 Å². The Morgan fingerprint density at radius 2 is 2.19 bits per heavy atom. The summed E-state index contributed by atoms with van der Waals surface area (Å²) in [5.74, 6) is 1.43. The fourth-order valence-electron chi connectivity index (χ4n) is 2.75. The second-order valence-electron chi connectivity index (χ2n) is 5.40. The van der Waals surface area contributed by atoms with Crippen molar-refractivity contribution in [1.82, 2.24) is 15.2 Å². The molecule has 1 aromatic carbocycles. The van der Waals surface area contributed by atoms with Gasteiger partial charge in [-0.05, 0) is 18.4 Å². The molecule has 0 spiro atoms. The van der Waals surface area contributed by atoms with Crippen molar-refractivity contribution in [2.24, 2.45) is 5.73 Å². The van der Waals surface area contributed by atoms with Crippen LogP contribution >= 0.6 is 0 Å². The predicted octanol–water partition coefficient (Wildman–Crippen LogP) is 1.47. The molecule has 1 aromatic heterocycles. The predicted molar refractivity (Wildman–Crippen MR) is 81.1 cm³/mol. The van der Waals surface area contributed by atoms with Crippen LogP contribution in [0.5, 0.6) is 0 Å². The van der Waals surface area contributed by atoms with Crippen molar-refractivity contribution >= 4 is 5.95 Å². The Hall–Kier alpha value is -1.92. The van der Waals surface area contributed by atoms with E-state index in [1.165, 1.54) is 0 Å². The van der Waals surface area contributed by atoms with Gasteiger partial charge in [-0.15, -0.1) is 5.10 Å². The van der Waals surface area contributed by atoms with Gasteiger partial charge in [0.25, 0.3) is 0 Å². The van der Waals surface area contributed by atoms with Gasteiger partial charge in [-0.25, -0.2) is 0 Å². The topological polar surface area (TPSA) is 80.1 Å². The van der Waals surface area contributed by atoms with Gasteiger partial charge in [0, 0.05) is 26.2 Å². The van der Waals surface area contributed by atoms with Crippen molar-refractivity contribution in [3.8, 4) is 0 Å². The number of ether oxygens (including phenoxy) is 1. The molecule has 2 heterocycles. The van der Waals surface area contributed by atoms with Crippen molar-refractivity contribution < 1.29 is 4.74 Å². The second kappa shape index (κ2) is 6.24. The van der Waals surface area contributed by atoms with Crippen molar-refractivity contribution in [3.05, 3.63) is 41.7 Å². The van der Waals surface area contributed by atoms with E-state index in [9.17, 15) is 0 Å². The van der Waals surface area contributed by atoms with Gasteiger partial charge >= 0.3 is 0 Å². The molecular formula is C15H21N5O. The van der Waals surface area contributed by atoms with E-state index in [1.54, 1.807) is 7.11 Å². The third kappa shape index (κ3) is 3.06. The van der Waals surface area contributed by atoms with Gasteiger partial charge in [-0.2, -0.15) is 4.98 Å². The minimum absolute atomic E-state index is 0.202. The molecule has 0 aliphatic carbocycles. The lowest BCUT2D eigenvalue weighted by Gasteiger charge is -2.29. The molecule has 21 heavy (non-hydrogen) atoms. The molecule has 1 aliphatic heterocycles. The Morgan fingerprint density at radius 3 is 2.90 bits per heavy atom. The SMILES string of the molecule is COC(c1ccccc1)c1nc(N2CCCC(N)C2)n[nH]1. The zero-order chi connectivity index (χ0) is 14.7. The van der Waals surface area contributed by atoms with Crippen molar-refractivity contribution in [2.75, 3.05) is 25.1 Å². The number of benzene rings is 1. The number of aromatic amines is 1. The largest absolute Gasteiger partial charge is 0.369 e. The number of H-pyrrole nitrogens is 1. The number of hydrogen-bond acceptors (Lipinski definition) is 5. The highest BCUT2D eigenvalue weighted by atomic mass is 16.5. The smallest absolute Gasteiger partial charge is 0.244 e. The van der Waals surface area contributed by atoms with E-state index in [2.05, 4.69) is 20.1 Å². The van der Waals surface area contributed by atoms with Crippen LogP contribution in [-0.2, 0) is 4.74 Å². The van der Waals surface area contributed by atoms with Crippen LogP contribution in [0.3, 0.4) is 0 Å². The van der Waals surface area contributed by atoms with Crippen LogP contribution in [0, 0.1) is 0 Å². The number of anilines is 1. The highest BCUT2D eigenvalue weighted by molar-refractivity contribution is 5.32. The maximum atomic E-state index is 6.01. The summed E-state index contributed by atoms with van der Waals surface area (Å²) in [6.07, 6.45) is 1.92. The van der Waals surface area contributed by atoms with Crippen LogP contribution in [-0.4, -0.2) is 41.4 Å². The normalized spacial score (nSPS) is 20.5. The number of methoxy groups -OCH3 is 1. The molecule has 6 heteroatoms. The summed E-state index contributed by atoms with van der Waals surface area (Å²) in [7, 11) is 1.68. The molecule has 3 N–H and O–H groups in total. The molecule has 1 saturated heterocycles. The molecule has 2 aromatic rings. The maximum Gasteiger partial charge on any atom is 0.244 e. The van der Waals surface area contributed by atoms with Crippen molar-refractivity contribution in [2.45, 2.75) is 25.0 Å². The number of rotatable bonds is 4. The highest BCUT2D eigenvalue weighted by Crippen LogP contribution is 2.24. The summed E-state index contributed by atoms with van der Waals surface area (Å²) in [5.41, 5.74) is 7.07. The van der Waals surface area contributed by atoms with E-state index in [0.29, 0.717) is 5.95 Å². The lowest BCUT2D eigenvalue weighted by molar-refractivity contribution is 0.129. The Bertz CT molecular complexity index is 570. The van der Waals surface area contributed by atoms with Crippen LogP contribution < -0.4 is 10.6 Å². The summed E-state index contributed by atoms with van der Waals surface area (Å²) in [6, 6.07) is 10.2. The summed E-state index contributed by atoms with van der Waals surface area (Å²) in [5, 5.41) is 7.32. The molecule has 0 radical (unpaired) electrons. The Kier molecular flexibility index (Phi) is 4.17. The van der Waals surface area contributed by atoms with E-state index in [0.717, 1.165) is 37.3 Å². The first-order chi connectivity index (χ1) is 10.3. The number of aromatic nitrogens is 3. The minimum Gasteiger partial charge on any atom is -0.369 e. The van der Waals surface area contributed by atoms with Gasteiger partial charge in [0.05, 0.1) is 0 Å². The fourth-order valence-corrected chi connectivity index (χ4v) is 2.75. The monoisotopic (exact) mass is 287 g/mol. The first-order valence-corrected chi connectivity index (χ1v) is 7.28. The van der Waals surface area contributed by atoms with Gasteiger partial charge in [-0.3, -0.25) is 5.10 Å². The molecule has 6 nitrogen and oxygen atoms in total. The summed E-state index contributed by atoms with van der Waals surface area (Å²) in [6.45, 7) is 1.76. The summed E-state index contributed by atoms with van der Waals surface area (Å²) < 4.78 is 5.57. The van der Waals surface area contributed by atoms with E-state index >= 15 is 0 Å². The van der Waals surface area contributed by atoms with Gasteiger partial charge in [0.2, 0.25) is 5.95 Å². The number of nitrogens with two attached hydrogens (primary N) is 1. The third-order valence-corrected chi connectivity index (χ3v) is 3.82. The molecule has 2 atom stereocenters. The Labute approximate surface area is 124 Å².